The van der Waals surface area contributed by atoms with E-state index in [0.29, 0.717) is 17.1 Å². The van der Waals surface area contributed by atoms with E-state index in [0.717, 1.165) is 29.4 Å². The van der Waals surface area contributed by atoms with E-state index >= 15 is 0 Å². The fourth-order valence-electron chi connectivity index (χ4n) is 2.76. The third kappa shape index (κ3) is 4.01. The summed E-state index contributed by atoms with van der Waals surface area (Å²) in [5.41, 5.74) is 4.87. The van der Waals surface area contributed by atoms with Gasteiger partial charge in [0.15, 0.2) is 5.58 Å². The van der Waals surface area contributed by atoms with Gasteiger partial charge in [0.25, 0.3) is 5.91 Å². The second-order valence-electron chi connectivity index (χ2n) is 6.15. The number of carbonyl (C=O) groups excluding carboxylic acids is 1. The first-order chi connectivity index (χ1) is 13.0. The summed E-state index contributed by atoms with van der Waals surface area (Å²) in [5.74, 6) is 0.402. The van der Waals surface area contributed by atoms with E-state index in [2.05, 4.69) is 55.5 Å². The van der Waals surface area contributed by atoms with Gasteiger partial charge in [-0.2, -0.15) is 0 Å². The van der Waals surface area contributed by atoms with Gasteiger partial charge in [-0.25, -0.2) is 4.98 Å². The molecule has 0 unspecified atom stereocenters. The molecule has 134 valence electrons. The van der Waals surface area contributed by atoms with Gasteiger partial charge >= 0.3 is 0 Å². The largest absolute Gasteiger partial charge is 0.436 e. The average molecular weight is 580 g/mol. The fraction of sp³-hybridized carbons (Fsp3) is 0.0476. The molecule has 1 heterocycles. The number of benzene rings is 3. The van der Waals surface area contributed by atoms with Gasteiger partial charge in [-0.15, -0.1) is 0 Å². The number of nitrogens with one attached hydrogen (secondary N) is 1. The molecule has 0 saturated carbocycles. The monoisotopic (exact) mass is 580 g/mol. The van der Waals surface area contributed by atoms with Gasteiger partial charge in [0.2, 0.25) is 5.89 Å². The highest BCUT2D eigenvalue weighted by atomic mass is 127. The van der Waals surface area contributed by atoms with Crippen molar-refractivity contribution in [2.45, 2.75) is 6.92 Å². The number of rotatable bonds is 3. The minimum absolute atomic E-state index is 0.136. The summed E-state index contributed by atoms with van der Waals surface area (Å²) in [6, 6.07) is 19.2. The van der Waals surface area contributed by atoms with E-state index in [9.17, 15) is 4.79 Å². The van der Waals surface area contributed by atoms with Crippen LogP contribution in [-0.4, -0.2) is 10.9 Å². The number of amides is 1. The second-order valence-corrected chi connectivity index (χ2v) is 8.56. The van der Waals surface area contributed by atoms with Crippen molar-refractivity contribution in [1.82, 2.24) is 4.98 Å². The number of oxazole rings is 1. The molecule has 4 nitrogen and oxygen atoms in total. The molecule has 0 aliphatic heterocycles. The lowest BCUT2D eigenvalue weighted by Gasteiger charge is -2.08. The number of aromatic nitrogens is 1. The molecule has 3 aromatic carbocycles. The van der Waals surface area contributed by atoms with Crippen LogP contribution in [0.1, 0.15) is 15.9 Å². The van der Waals surface area contributed by atoms with E-state index in [4.69, 9.17) is 4.42 Å². The van der Waals surface area contributed by atoms with Gasteiger partial charge in [-0.05, 0) is 106 Å². The molecule has 0 saturated heterocycles. The number of halogens is 2. The Morgan fingerprint density at radius 3 is 2.74 bits per heavy atom. The number of hydrogen-bond donors (Lipinski definition) is 1. The van der Waals surface area contributed by atoms with Crippen molar-refractivity contribution in [3.63, 3.8) is 0 Å². The van der Waals surface area contributed by atoms with Crippen LogP contribution in [0.5, 0.6) is 0 Å². The smallest absolute Gasteiger partial charge is 0.256 e. The zero-order valence-electron chi connectivity index (χ0n) is 14.3. The number of carbonyl (C=O) groups is 1. The molecule has 1 aromatic heterocycles. The summed E-state index contributed by atoms with van der Waals surface area (Å²) >= 11 is 4.38. The summed E-state index contributed by atoms with van der Waals surface area (Å²) in [4.78, 5) is 17.2. The van der Waals surface area contributed by atoms with Gasteiger partial charge < -0.3 is 9.73 Å². The minimum Gasteiger partial charge on any atom is -0.436 e. The van der Waals surface area contributed by atoms with Crippen LogP contribution in [0.3, 0.4) is 0 Å². The second kappa shape index (κ2) is 7.59. The Labute approximate surface area is 183 Å². The lowest BCUT2D eigenvalue weighted by Crippen LogP contribution is -2.13. The Bertz CT molecular complexity index is 1170. The van der Waals surface area contributed by atoms with E-state index in [-0.39, 0.29) is 5.91 Å². The summed E-state index contributed by atoms with van der Waals surface area (Å²) in [7, 11) is 0. The first-order valence-electron chi connectivity index (χ1n) is 8.23. The summed E-state index contributed by atoms with van der Waals surface area (Å²) in [6.45, 7) is 2.02. The third-order valence-corrected chi connectivity index (χ3v) is 5.70. The van der Waals surface area contributed by atoms with Crippen molar-refractivity contribution >= 4 is 67.9 Å². The van der Waals surface area contributed by atoms with E-state index in [1.54, 1.807) is 0 Å². The molecule has 27 heavy (non-hydrogen) atoms. The van der Waals surface area contributed by atoms with Crippen molar-refractivity contribution in [1.29, 1.82) is 0 Å². The Morgan fingerprint density at radius 2 is 1.89 bits per heavy atom. The van der Waals surface area contributed by atoms with Crippen LogP contribution in [-0.2, 0) is 0 Å². The number of hydrogen-bond acceptors (Lipinski definition) is 3. The quantitative estimate of drug-likeness (QED) is 0.291. The van der Waals surface area contributed by atoms with E-state index in [1.807, 2.05) is 67.6 Å². The van der Waals surface area contributed by atoms with Gasteiger partial charge in [0.05, 0.1) is 5.56 Å². The molecule has 0 aliphatic carbocycles. The first kappa shape index (κ1) is 18.4. The highest BCUT2D eigenvalue weighted by molar-refractivity contribution is 14.1. The maximum atomic E-state index is 12.7. The molecule has 0 aliphatic rings. The van der Waals surface area contributed by atoms with Gasteiger partial charge in [0, 0.05) is 18.4 Å². The van der Waals surface area contributed by atoms with Crippen molar-refractivity contribution < 1.29 is 9.21 Å². The molecule has 0 spiro atoms. The van der Waals surface area contributed by atoms with Crippen molar-refractivity contribution in [3.05, 3.63) is 78.9 Å². The van der Waals surface area contributed by atoms with Crippen molar-refractivity contribution in [2.75, 3.05) is 5.32 Å². The third-order valence-electron chi connectivity index (χ3n) is 4.08. The van der Waals surface area contributed by atoms with Gasteiger partial charge in [0.1, 0.15) is 5.52 Å². The molecule has 1 N–H and O–H groups in total. The van der Waals surface area contributed by atoms with Crippen LogP contribution < -0.4 is 5.32 Å². The molecule has 0 atom stereocenters. The number of fused-ring (bicyclic) bond motifs is 1. The van der Waals surface area contributed by atoms with Crippen molar-refractivity contribution in [2.24, 2.45) is 0 Å². The predicted molar refractivity (Wildman–Crippen MR) is 124 cm³/mol. The molecule has 0 bridgehead atoms. The average Bonchev–Trinajstić information content (AvgIpc) is 3.07. The Balaban J connectivity index is 1.63. The molecule has 4 aromatic rings. The highest BCUT2D eigenvalue weighted by Gasteiger charge is 2.13. The van der Waals surface area contributed by atoms with Gasteiger partial charge in [-0.3, -0.25) is 4.79 Å². The van der Waals surface area contributed by atoms with Gasteiger partial charge in [-0.1, -0.05) is 12.1 Å². The van der Waals surface area contributed by atoms with Crippen LogP contribution in [0.15, 0.2) is 65.1 Å². The summed E-state index contributed by atoms with van der Waals surface area (Å²) in [6.07, 6.45) is 0. The van der Waals surface area contributed by atoms with E-state index in [1.165, 1.54) is 0 Å². The SMILES string of the molecule is Cc1ccc2nc(-c3cccc(NC(=O)c4cc(I)ccc4I)c3)oc2c1. The maximum absolute atomic E-state index is 12.7. The van der Waals surface area contributed by atoms with Crippen LogP contribution in [0.4, 0.5) is 5.69 Å². The topological polar surface area (TPSA) is 55.1 Å². The Hall–Kier alpha value is -1.94. The lowest BCUT2D eigenvalue weighted by molar-refractivity contribution is 0.102. The summed E-state index contributed by atoms with van der Waals surface area (Å²) in [5, 5.41) is 2.96. The van der Waals surface area contributed by atoms with Crippen molar-refractivity contribution in [3.8, 4) is 11.5 Å². The maximum Gasteiger partial charge on any atom is 0.256 e. The fourth-order valence-corrected chi connectivity index (χ4v) is 3.83. The summed E-state index contributed by atoms with van der Waals surface area (Å²) < 4.78 is 7.82. The normalized spacial score (nSPS) is 10.9. The van der Waals surface area contributed by atoms with E-state index < -0.39 is 0 Å². The first-order valence-corrected chi connectivity index (χ1v) is 10.4. The van der Waals surface area contributed by atoms with Crippen LogP contribution in [0.2, 0.25) is 0 Å². The van der Waals surface area contributed by atoms with Crippen LogP contribution in [0, 0.1) is 14.1 Å². The Kier molecular flexibility index (Phi) is 5.18. The standard InChI is InChI=1S/C21H14I2N2O2/c1-12-5-8-18-19(9-12)27-21(25-18)13-3-2-4-15(10-13)24-20(26)16-11-14(22)6-7-17(16)23/h2-11H,1H3,(H,24,26). The zero-order valence-corrected chi connectivity index (χ0v) is 18.6. The Morgan fingerprint density at radius 1 is 1.04 bits per heavy atom. The lowest BCUT2D eigenvalue weighted by atomic mass is 10.1. The molecule has 0 radical (unpaired) electrons. The zero-order chi connectivity index (χ0) is 19.0. The molecule has 1 amide bonds. The minimum atomic E-state index is -0.136. The molecule has 4 rings (SSSR count). The molecule has 6 heteroatoms. The predicted octanol–water partition coefficient (Wildman–Crippen LogP) is 6.26. The molecule has 0 fully saturated rings. The molecular formula is C21H14I2N2O2. The highest BCUT2D eigenvalue weighted by Crippen LogP contribution is 2.27. The number of aryl methyl sites for hydroxylation is 1. The van der Waals surface area contributed by atoms with Crippen LogP contribution >= 0.6 is 45.2 Å². The van der Waals surface area contributed by atoms with Crippen LogP contribution in [0.25, 0.3) is 22.6 Å². The number of nitrogens with zero attached hydrogens (tertiary/aromatic N) is 1. The molecular weight excluding hydrogens is 566 g/mol. The number of anilines is 1.